The fourth-order valence-corrected chi connectivity index (χ4v) is 1.50. The summed E-state index contributed by atoms with van der Waals surface area (Å²) in [6, 6.07) is 4.95. The van der Waals surface area contributed by atoms with Gasteiger partial charge in [0, 0.05) is 18.3 Å². The van der Waals surface area contributed by atoms with Crippen LogP contribution in [0.5, 0.6) is 0 Å². The summed E-state index contributed by atoms with van der Waals surface area (Å²) in [7, 11) is 0. The molecule has 0 bridgehead atoms. The molecular weight excluding hydrogens is 262 g/mol. The number of benzene rings is 1. The van der Waals surface area contributed by atoms with Crippen LogP contribution >= 0.6 is 0 Å². The molecule has 0 saturated carbocycles. The van der Waals surface area contributed by atoms with Crippen LogP contribution in [-0.4, -0.2) is 29.1 Å². The summed E-state index contributed by atoms with van der Waals surface area (Å²) in [5.41, 5.74) is 1.11. The van der Waals surface area contributed by atoms with Crippen molar-refractivity contribution in [2.45, 2.75) is 26.3 Å². The van der Waals surface area contributed by atoms with Crippen LogP contribution in [0.15, 0.2) is 24.3 Å². The van der Waals surface area contributed by atoms with Crippen molar-refractivity contribution < 1.29 is 19.5 Å². The Hall–Kier alpha value is -2.57. The van der Waals surface area contributed by atoms with Crippen LogP contribution in [0.2, 0.25) is 0 Å². The van der Waals surface area contributed by atoms with Gasteiger partial charge in [-0.05, 0) is 30.7 Å². The summed E-state index contributed by atoms with van der Waals surface area (Å²) in [5.74, 6) is -1.26. The topological polar surface area (TPSA) is 108 Å². The van der Waals surface area contributed by atoms with E-state index in [0.717, 1.165) is 0 Å². The third-order valence-electron chi connectivity index (χ3n) is 2.47. The third kappa shape index (κ3) is 4.97. The predicted molar refractivity (Wildman–Crippen MR) is 74.6 cm³/mol. The Morgan fingerprint density at radius 3 is 2.00 bits per heavy atom. The monoisotopic (exact) mass is 279 g/mol. The first-order chi connectivity index (χ1) is 9.42. The molecular formula is C13H17N3O4. The minimum Gasteiger partial charge on any atom is -0.480 e. The Morgan fingerprint density at radius 1 is 1.10 bits per heavy atom. The molecule has 0 aliphatic rings. The van der Waals surface area contributed by atoms with Gasteiger partial charge in [-0.15, -0.1) is 0 Å². The summed E-state index contributed by atoms with van der Waals surface area (Å²) in [5, 5.41) is 16.3. The van der Waals surface area contributed by atoms with Gasteiger partial charge in [0.05, 0.1) is 0 Å². The van der Waals surface area contributed by atoms with Crippen LogP contribution in [0.25, 0.3) is 0 Å². The molecule has 3 amide bonds. The highest BCUT2D eigenvalue weighted by molar-refractivity contribution is 5.93. The first kappa shape index (κ1) is 15.5. The van der Waals surface area contributed by atoms with Gasteiger partial charge < -0.3 is 21.1 Å². The van der Waals surface area contributed by atoms with Crippen molar-refractivity contribution in [2.24, 2.45) is 0 Å². The number of hydrogen-bond donors (Lipinski definition) is 4. The Morgan fingerprint density at radius 2 is 1.60 bits per heavy atom. The normalized spacial score (nSPS) is 11.3. The maximum Gasteiger partial charge on any atom is 0.326 e. The molecule has 0 spiro atoms. The number of carbonyl (C=O) groups is 3. The van der Waals surface area contributed by atoms with Crippen molar-refractivity contribution in [3.63, 3.8) is 0 Å². The molecule has 0 fully saturated rings. The van der Waals surface area contributed by atoms with Crippen molar-refractivity contribution in [3.05, 3.63) is 24.3 Å². The van der Waals surface area contributed by atoms with Crippen LogP contribution < -0.4 is 16.0 Å². The molecule has 4 N–H and O–H groups in total. The fraction of sp³-hybridized carbons (Fsp3) is 0.308. The van der Waals surface area contributed by atoms with Gasteiger partial charge in [0.25, 0.3) is 0 Å². The SMILES string of the molecule is CCC(NC(=O)Nc1ccc(NC(C)=O)cc1)C(=O)O. The third-order valence-corrected chi connectivity index (χ3v) is 2.47. The molecule has 0 aliphatic heterocycles. The Balaban J connectivity index is 2.58. The zero-order valence-electron chi connectivity index (χ0n) is 11.3. The van der Waals surface area contributed by atoms with Crippen LogP contribution in [0.4, 0.5) is 16.2 Å². The molecule has 0 radical (unpaired) electrons. The van der Waals surface area contributed by atoms with E-state index in [-0.39, 0.29) is 5.91 Å². The zero-order valence-corrected chi connectivity index (χ0v) is 11.3. The van der Waals surface area contributed by atoms with Gasteiger partial charge in [-0.3, -0.25) is 4.79 Å². The van der Waals surface area contributed by atoms with Crippen LogP contribution in [0.3, 0.4) is 0 Å². The molecule has 20 heavy (non-hydrogen) atoms. The van der Waals surface area contributed by atoms with E-state index in [1.165, 1.54) is 6.92 Å². The number of carboxylic acids is 1. The Bertz CT molecular complexity index is 499. The lowest BCUT2D eigenvalue weighted by molar-refractivity contribution is -0.139. The lowest BCUT2D eigenvalue weighted by Crippen LogP contribution is -2.42. The molecule has 1 aromatic rings. The molecule has 7 nitrogen and oxygen atoms in total. The van der Waals surface area contributed by atoms with E-state index in [1.807, 2.05) is 0 Å². The molecule has 0 saturated heterocycles. The van der Waals surface area contributed by atoms with E-state index >= 15 is 0 Å². The number of carbonyl (C=O) groups excluding carboxylic acids is 2. The number of anilines is 2. The van der Waals surface area contributed by atoms with Gasteiger partial charge in [0.15, 0.2) is 0 Å². The minimum absolute atomic E-state index is 0.185. The van der Waals surface area contributed by atoms with Gasteiger partial charge in [0.2, 0.25) is 5.91 Å². The second-order valence-corrected chi connectivity index (χ2v) is 4.16. The van der Waals surface area contributed by atoms with Crippen molar-refractivity contribution in [1.82, 2.24) is 5.32 Å². The van der Waals surface area contributed by atoms with Gasteiger partial charge in [0.1, 0.15) is 6.04 Å². The molecule has 0 aromatic heterocycles. The molecule has 0 heterocycles. The van der Waals surface area contributed by atoms with Crippen molar-refractivity contribution in [2.75, 3.05) is 10.6 Å². The van der Waals surface area contributed by atoms with Gasteiger partial charge in [-0.2, -0.15) is 0 Å². The quantitative estimate of drug-likeness (QED) is 0.657. The van der Waals surface area contributed by atoms with Crippen LogP contribution in [0, 0.1) is 0 Å². The van der Waals surface area contributed by atoms with Gasteiger partial charge in [-0.25, -0.2) is 9.59 Å². The molecule has 1 unspecified atom stereocenters. The molecule has 7 heteroatoms. The largest absolute Gasteiger partial charge is 0.480 e. The predicted octanol–water partition coefficient (Wildman–Crippen LogP) is 1.63. The molecule has 1 rings (SSSR count). The van der Waals surface area contributed by atoms with Crippen LogP contribution in [-0.2, 0) is 9.59 Å². The second-order valence-electron chi connectivity index (χ2n) is 4.16. The number of amides is 3. The smallest absolute Gasteiger partial charge is 0.326 e. The fourth-order valence-electron chi connectivity index (χ4n) is 1.50. The highest BCUT2D eigenvalue weighted by atomic mass is 16.4. The molecule has 1 aromatic carbocycles. The number of rotatable bonds is 5. The van der Waals surface area contributed by atoms with Gasteiger partial charge in [-0.1, -0.05) is 6.92 Å². The number of carboxylic acid groups (broad SMARTS) is 1. The summed E-state index contributed by atoms with van der Waals surface area (Å²) < 4.78 is 0. The standard InChI is InChI=1S/C13H17N3O4/c1-3-11(12(18)19)16-13(20)15-10-6-4-9(5-7-10)14-8(2)17/h4-7,11H,3H2,1-2H3,(H,14,17)(H,18,19)(H2,15,16,20). The Labute approximate surface area is 116 Å². The maximum atomic E-state index is 11.6. The van der Waals surface area contributed by atoms with Gasteiger partial charge >= 0.3 is 12.0 Å². The first-order valence-corrected chi connectivity index (χ1v) is 6.10. The highest BCUT2D eigenvalue weighted by Gasteiger charge is 2.17. The number of nitrogens with one attached hydrogen (secondary N) is 3. The zero-order chi connectivity index (χ0) is 15.1. The first-order valence-electron chi connectivity index (χ1n) is 6.10. The number of hydrogen-bond acceptors (Lipinski definition) is 3. The highest BCUT2D eigenvalue weighted by Crippen LogP contribution is 2.13. The van der Waals surface area contributed by atoms with E-state index < -0.39 is 18.0 Å². The van der Waals surface area contributed by atoms with E-state index in [1.54, 1.807) is 31.2 Å². The minimum atomic E-state index is -1.08. The van der Waals surface area contributed by atoms with E-state index in [2.05, 4.69) is 16.0 Å². The summed E-state index contributed by atoms with van der Waals surface area (Å²) >= 11 is 0. The van der Waals surface area contributed by atoms with Crippen molar-refractivity contribution in [3.8, 4) is 0 Å². The van der Waals surface area contributed by atoms with Crippen molar-refractivity contribution >= 4 is 29.3 Å². The number of urea groups is 1. The summed E-state index contributed by atoms with van der Waals surface area (Å²) in [6.07, 6.45) is 0.296. The second kappa shape index (κ2) is 7.13. The molecule has 1 atom stereocenters. The van der Waals surface area contributed by atoms with Crippen molar-refractivity contribution in [1.29, 1.82) is 0 Å². The van der Waals surface area contributed by atoms with Crippen LogP contribution in [0.1, 0.15) is 20.3 Å². The summed E-state index contributed by atoms with van der Waals surface area (Å²) in [6.45, 7) is 3.07. The Kier molecular flexibility index (Phi) is 5.52. The lowest BCUT2D eigenvalue weighted by atomic mass is 10.2. The van der Waals surface area contributed by atoms with E-state index in [0.29, 0.717) is 17.8 Å². The number of aliphatic carboxylic acids is 1. The average molecular weight is 279 g/mol. The van der Waals surface area contributed by atoms with E-state index in [9.17, 15) is 14.4 Å². The molecule has 108 valence electrons. The maximum absolute atomic E-state index is 11.6. The average Bonchev–Trinajstić information content (AvgIpc) is 2.37. The summed E-state index contributed by atoms with van der Waals surface area (Å²) in [4.78, 5) is 33.2. The van der Waals surface area contributed by atoms with E-state index in [4.69, 9.17) is 5.11 Å². The molecule has 0 aliphatic carbocycles. The lowest BCUT2D eigenvalue weighted by Gasteiger charge is -2.13.